The van der Waals surface area contributed by atoms with Crippen LogP contribution in [-0.2, 0) is 16.0 Å². The molecule has 1 atom stereocenters. The Morgan fingerprint density at radius 1 is 1.26 bits per heavy atom. The van der Waals surface area contributed by atoms with Gasteiger partial charge in [0.1, 0.15) is 6.04 Å². The molecule has 0 saturated heterocycles. The van der Waals surface area contributed by atoms with Crippen LogP contribution >= 0.6 is 0 Å². The number of carboxylic acids is 1. The van der Waals surface area contributed by atoms with Crippen molar-refractivity contribution in [1.29, 1.82) is 0 Å². The summed E-state index contributed by atoms with van der Waals surface area (Å²) in [7, 11) is 0. The van der Waals surface area contributed by atoms with Gasteiger partial charge in [-0.1, -0.05) is 19.1 Å². The third-order valence-corrected chi connectivity index (χ3v) is 2.63. The van der Waals surface area contributed by atoms with E-state index in [2.05, 4.69) is 5.32 Å². The number of carbonyl (C=O) groups is 3. The first kappa shape index (κ1) is 14.7. The van der Waals surface area contributed by atoms with Crippen LogP contribution in [-0.4, -0.2) is 28.9 Å². The fraction of sp³-hybridized carbons (Fsp3) is 0.308. The van der Waals surface area contributed by atoms with Crippen LogP contribution < -0.4 is 11.1 Å². The zero-order valence-electron chi connectivity index (χ0n) is 10.6. The van der Waals surface area contributed by atoms with Gasteiger partial charge in [0.2, 0.25) is 5.91 Å². The molecule has 0 heterocycles. The van der Waals surface area contributed by atoms with Crippen LogP contribution in [0.5, 0.6) is 0 Å². The maximum atomic E-state index is 11.8. The van der Waals surface area contributed by atoms with Gasteiger partial charge in [-0.15, -0.1) is 0 Å². The molecule has 6 heteroatoms. The molecule has 2 amide bonds. The first-order chi connectivity index (χ1) is 8.93. The lowest BCUT2D eigenvalue weighted by atomic mass is 10.1. The molecule has 0 saturated carbocycles. The Kier molecular flexibility index (Phi) is 5.05. The van der Waals surface area contributed by atoms with Gasteiger partial charge in [-0.2, -0.15) is 0 Å². The molecule has 0 bridgehead atoms. The Hall–Kier alpha value is -2.37. The van der Waals surface area contributed by atoms with Gasteiger partial charge in [-0.05, 0) is 24.1 Å². The topological polar surface area (TPSA) is 109 Å². The molecule has 1 rings (SSSR count). The van der Waals surface area contributed by atoms with E-state index < -0.39 is 30.2 Å². The highest BCUT2D eigenvalue weighted by molar-refractivity contribution is 5.97. The van der Waals surface area contributed by atoms with Crippen LogP contribution in [0, 0.1) is 0 Å². The van der Waals surface area contributed by atoms with E-state index in [-0.39, 0.29) is 0 Å². The van der Waals surface area contributed by atoms with Gasteiger partial charge < -0.3 is 16.2 Å². The molecule has 6 nitrogen and oxygen atoms in total. The lowest BCUT2D eigenvalue weighted by Gasteiger charge is -2.12. The van der Waals surface area contributed by atoms with Crippen molar-refractivity contribution in [3.8, 4) is 0 Å². The molecular weight excluding hydrogens is 248 g/mol. The Morgan fingerprint density at radius 3 is 2.26 bits per heavy atom. The minimum absolute atomic E-state index is 0.341. The van der Waals surface area contributed by atoms with Crippen LogP contribution in [0.1, 0.15) is 29.3 Å². The van der Waals surface area contributed by atoms with Crippen LogP contribution in [0.2, 0.25) is 0 Å². The number of aliphatic carboxylic acids is 1. The SMILES string of the molecule is CCc1ccc(C(=O)N[C@H](CC(N)=O)C(=O)O)cc1. The number of carbonyl (C=O) groups excluding carboxylic acids is 2. The molecule has 0 radical (unpaired) electrons. The van der Waals surface area contributed by atoms with Gasteiger partial charge in [0.05, 0.1) is 6.42 Å². The van der Waals surface area contributed by atoms with Crippen molar-refractivity contribution < 1.29 is 19.5 Å². The Balaban J connectivity index is 2.75. The van der Waals surface area contributed by atoms with Crippen LogP contribution in [0.15, 0.2) is 24.3 Å². The molecule has 0 aliphatic rings. The maximum Gasteiger partial charge on any atom is 0.326 e. The van der Waals surface area contributed by atoms with E-state index in [9.17, 15) is 14.4 Å². The molecule has 0 unspecified atom stereocenters. The Morgan fingerprint density at radius 2 is 1.84 bits per heavy atom. The van der Waals surface area contributed by atoms with Crippen molar-refractivity contribution in [1.82, 2.24) is 5.32 Å². The van der Waals surface area contributed by atoms with Gasteiger partial charge in [-0.3, -0.25) is 9.59 Å². The van der Waals surface area contributed by atoms with Crippen molar-refractivity contribution in [3.05, 3.63) is 35.4 Å². The summed E-state index contributed by atoms with van der Waals surface area (Å²) in [5.41, 5.74) is 6.34. The summed E-state index contributed by atoms with van der Waals surface area (Å²) in [5, 5.41) is 11.1. The molecule has 1 aromatic rings. The quantitative estimate of drug-likeness (QED) is 0.686. The van der Waals surface area contributed by atoms with Crippen molar-refractivity contribution in [3.63, 3.8) is 0 Å². The van der Waals surface area contributed by atoms with Crippen LogP contribution in [0.4, 0.5) is 0 Å². The number of benzene rings is 1. The van der Waals surface area contributed by atoms with Gasteiger partial charge in [-0.25, -0.2) is 4.79 Å². The van der Waals surface area contributed by atoms with Crippen molar-refractivity contribution in [2.24, 2.45) is 5.73 Å². The molecule has 4 N–H and O–H groups in total. The summed E-state index contributed by atoms with van der Waals surface area (Å²) in [4.78, 5) is 33.4. The first-order valence-corrected chi connectivity index (χ1v) is 5.85. The largest absolute Gasteiger partial charge is 0.480 e. The van der Waals surface area contributed by atoms with E-state index in [1.807, 2.05) is 6.92 Å². The van der Waals surface area contributed by atoms with Gasteiger partial charge >= 0.3 is 5.97 Å². The minimum Gasteiger partial charge on any atom is -0.480 e. The summed E-state index contributed by atoms with van der Waals surface area (Å²) >= 11 is 0. The lowest BCUT2D eigenvalue weighted by Crippen LogP contribution is -2.43. The Bertz CT molecular complexity index is 482. The van der Waals surface area contributed by atoms with E-state index in [4.69, 9.17) is 10.8 Å². The molecule has 0 aromatic heterocycles. The summed E-state index contributed by atoms with van der Waals surface area (Å²) < 4.78 is 0. The molecule has 19 heavy (non-hydrogen) atoms. The predicted molar refractivity (Wildman–Crippen MR) is 68.5 cm³/mol. The average molecular weight is 264 g/mol. The van der Waals surface area contributed by atoms with Crippen LogP contribution in [0.3, 0.4) is 0 Å². The van der Waals surface area contributed by atoms with E-state index in [1.165, 1.54) is 0 Å². The monoisotopic (exact) mass is 264 g/mol. The summed E-state index contributed by atoms with van der Waals surface area (Å²) in [6.45, 7) is 1.99. The molecule has 0 fully saturated rings. The highest BCUT2D eigenvalue weighted by Gasteiger charge is 2.22. The maximum absolute atomic E-state index is 11.8. The van der Waals surface area contributed by atoms with E-state index in [0.717, 1.165) is 12.0 Å². The molecule has 1 aromatic carbocycles. The van der Waals surface area contributed by atoms with Crippen molar-refractivity contribution >= 4 is 17.8 Å². The zero-order chi connectivity index (χ0) is 14.4. The normalized spacial score (nSPS) is 11.6. The predicted octanol–water partition coefficient (Wildman–Crippen LogP) is 0.307. The standard InChI is InChI=1S/C13H16N2O4/c1-2-8-3-5-9(6-4-8)12(17)15-10(13(18)19)7-11(14)16/h3-6,10H,2,7H2,1H3,(H2,14,16)(H,15,17)(H,18,19)/t10-/m1/s1. The lowest BCUT2D eigenvalue weighted by molar-refractivity contribution is -0.140. The van der Waals surface area contributed by atoms with Gasteiger partial charge in [0, 0.05) is 5.56 Å². The third-order valence-electron chi connectivity index (χ3n) is 2.63. The number of hydrogen-bond donors (Lipinski definition) is 3. The summed E-state index contributed by atoms with van der Waals surface area (Å²) in [5.74, 6) is -2.62. The summed E-state index contributed by atoms with van der Waals surface area (Å²) in [6.07, 6.45) is 0.412. The summed E-state index contributed by atoms with van der Waals surface area (Å²) in [6, 6.07) is 5.49. The molecule has 0 aliphatic carbocycles. The average Bonchev–Trinajstić information content (AvgIpc) is 2.37. The molecule has 102 valence electrons. The Labute approximate surface area is 110 Å². The third kappa shape index (κ3) is 4.42. The minimum atomic E-state index is -1.31. The van der Waals surface area contributed by atoms with E-state index in [0.29, 0.717) is 5.56 Å². The fourth-order valence-electron chi connectivity index (χ4n) is 1.53. The second-order valence-corrected chi connectivity index (χ2v) is 4.09. The number of nitrogens with two attached hydrogens (primary N) is 1. The smallest absolute Gasteiger partial charge is 0.326 e. The fourth-order valence-corrected chi connectivity index (χ4v) is 1.53. The molecule has 0 aliphatic heterocycles. The highest BCUT2D eigenvalue weighted by Crippen LogP contribution is 2.06. The number of rotatable bonds is 6. The number of hydrogen-bond acceptors (Lipinski definition) is 3. The van der Waals surface area contributed by atoms with Crippen molar-refractivity contribution in [2.45, 2.75) is 25.8 Å². The second kappa shape index (κ2) is 6.53. The van der Waals surface area contributed by atoms with Crippen molar-refractivity contribution in [2.75, 3.05) is 0 Å². The van der Waals surface area contributed by atoms with Gasteiger partial charge in [0.15, 0.2) is 0 Å². The van der Waals surface area contributed by atoms with Crippen LogP contribution in [0.25, 0.3) is 0 Å². The highest BCUT2D eigenvalue weighted by atomic mass is 16.4. The number of aryl methyl sites for hydroxylation is 1. The number of carboxylic acid groups (broad SMARTS) is 1. The number of nitrogens with one attached hydrogen (secondary N) is 1. The van der Waals surface area contributed by atoms with E-state index in [1.54, 1.807) is 24.3 Å². The van der Waals surface area contributed by atoms with E-state index >= 15 is 0 Å². The van der Waals surface area contributed by atoms with Gasteiger partial charge in [0.25, 0.3) is 5.91 Å². The zero-order valence-corrected chi connectivity index (χ0v) is 10.6. The number of primary amides is 1. The molecular formula is C13H16N2O4. The number of amides is 2. The second-order valence-electron chi connectivity index (χ2n) is 4.09. The molecule has 0 spiro atoms. The first-order valence-electron chi connectivity index (χ1n) is 5.85.